The van der Waals surface area contributed by atoms with Crippen molar-refractivity contribution in [3.63, 3.8) is 0 Å². The first-order valence-electron chi connectivity index (χ1n) is 5.88. The minimum atomic E-state index is 0.864. The van der Waals surface area contributed by atoms with E-state index in [-0.39, 0.29) is 0 Å². The average molecular weight is 257 g/mol. The summed E-state index contributed by atoms with van der Waals surface area (Å²) in [4.78, 5) is 5.66. The topological polar surface area (TPSA) is 24.0 Å². The summed E-state index contributed by atoms with van der Waals surface area (Å²) >= 11 is 7.35. The van der Waals surface area contributed by atoms with Crippen LogP contribution in [0.25, 0.3) is 0 Å². The van der Waals surface area contributed by atoms with Crippen LogP contribution in [0.4, 0.5) is 0 Å². The van der Waals surface area contributed by atoms with E-state index in [1.165, 1.54) is 30.3 Å². The normalized spacial score (nSPS) is 17.8. The summed E-state index contributed by atoms with van der Waals surface area (Å²) in [7, 11) is 0. The predicted octanol–water partition coefficient (Wildman–Crippen LogP) is 2.16. The highest BCUT2D eigenvalue weighted by atomic mass is 32.2. The number of imidazole rings is 1. The molecule has 1 aromatic rings. The van der Waals surface area contributed by atoms with Crippen LogP contribution in [-0.2, 0) is 13.0 Å². The van der Waals surface area contributed by atoms with Crippen LogP contribution in [0.3, 0.4) is 0 Å². The molecule has 1 fully saturated rings. The first-order chi connectivity index (χ1) is 7.81. The molecule has 1 aromatic heterocycles. The molecule has 0 spiro atoms. The summed E-state index contributed by atoms with van der Waals surface area (Å²) in [5.74, 6) is 2.55. The average Bonchev–Trinajstić information content (AvgIpc) is 2.69. The second-order valence-corrected chi connectivity index (χ2v) is 5.66. The molecule has 90 valence electrons. The van der Waals surface area contributed by atoms with Crippen molar-refractivity contribution in [1.82, 2.24) is 14.5 Å². The second kappa shape index (κ2) is 5.89. The van der Waals surface area contributed by atoms with E-state index in [2.05, 4.69) is 33.1 Å². The van der Waals surface area contributed by atoms with Gasteiger partial charge in [-0.15, -0.1) is 0 Å². The summed E-state index contributed by atoms with van der Waals surface area (Å²) < 4.78 is 3.10. The van der Waals surface area contributed by atoms with Crippen LogP contribution in [0.2, 0.25) is 0 Å². The third kappa shape index (κ3) is 2.90. The Kier molecular flexibility index (Phi) is 4.49. The van der Waals surface area contributed by atoms with Crippen molar-refractivity contribution in [2.24, 2.45) is 0 Å². The molecular formula is C11H19N3S2. The van der Waals surface area contributed by atoms with Gasteiger partial charge in [-0.05, 0) is 18.6 Å². The largest absolute Gasteiger partial charge is 0.337 e. The van der Waals surface area contributed by atoms with Crippen LogP contribution >= 0.6 is 24.0 Å². The number of nitrogens with zero attached hydrogens (tertiary/aromatic N) is 2. The smallest absolute Gasteiger partial charge is 0.177 e. The maximum atomic E-state index is 5.29. The molecule has 1 aliphatic rings. The minimum Gasteiger partial charge on any atom is -0.337 e. The molecule has 3 nitrogen and oxygen atoms in total. The van der Waals surface area contributed by atoms with Gasteiger partial charge in [0.25, 0.3) is 0 Å². The molecule has 2 rings (SSSR count). The fourth-order valence-electron chi connectivity index (χ4n) is 2.04. The molecule has 16 heavy (non-hydrogen) atoms. The Hall–Kier alpha value is -0.260. The van der Waals surface area contributed by atoms with Gasteiger partial charge in [0.15, 0.2) is 4.77 Å². The molecule has 1 saturated heterocycles. The third-order valence-electron chi connectivity index (χ3n) is 3.06. The quantitative estimate of drug-likeness (QED) is 0.836. The minimum absolute atomic E-state index is 0.864. The van der Waals surface area contributed by atoms with Crippen molar-refractivity contribution >= 4 is 24.0 Å². The van der Waals surface area contributed by atoms with E-state index in [4.69, 9.17) is 12.2 Å². The lowest BCUT2D eigenvalue weighted by Crippen LogP contribution is -2.35. The molecule has 5 heteroatoms. The van der Waals surface area contributed by atoms with Crippen LogP contribution in [0, 0.1) is 4.77 Å². The lowest BCUT2D eigenvalue weighted by atomic mass is 10.3. The Labute approximate surface area is 106 Å². The number of thioether (sulfide) groups is 1. The number of hydrogen-bond donors (Lipinski definition) is 1. The van der Waals surface area contributed by atoms with Crippen LogP contribution < -0.4 is 0 Å². The fraction of sp³-hybridized carbons (Fsp3) is 0.727. The summed E-state index contributed by atoms with van der Waals surface area (Å²) in [6.45, 7) is 6.77. The van der Waals surface area contributed by atoms with Gasteiger partial charge < -0.3 is 9.55 Å². The van der Waals surface area contributed by atoms with E-state index in [1.807, 2.05) is 6.20 Å². The van der Waals surface area contributed by atoms with Gasteiger partial charge in [-0.1, -0.05) is 6.92 Å². The Bertz CT molecular complexity index is 377. The maximum Gasteiger partial charge on any atom is 0.177 e. The number of hydrogen-bond acceptors (Lipinski definition) is 3. The van der Waals surface area contributed by atoms with Gasteiger partial charge >= 0.3 is 0 Å². The van der Waals surface area contributed by atoms with Crippen LogP contribution in [0.5, 0.6) is 0 Å². The van der Waals surface area contributed by atoms with E-state index in [1.54, 1.807) is 0 Å². The number of H-pyrrole nitrogens is 1. The predicted molar refractivity (Wildman–Crippen MR) is 72.8 cm³/mol. The Balaban J connectivity index is 1.93. The summed E-state index contributed by atoms with van der Waals surface area (Å²) in [5.41, 5.74) is 1.32. The summed E-state index contributed by atoms with van der Waals surface area (Å²) in [6, 6.07) is 0. The van der Waals surface area contributed by atoms with Crippen molar-refractivity contribution in [3.8, 4) is 0 Å². The second-order valence-electron chi connectivity index (χ2n) is 4.04. The lowest BCUT2D eigenvalue weighted by Gasteiger charge is -2.26. The van der Waals surface area contributed by atoms with Gasteiger partial charge in [0, 0.05) is 49.6 Å². The van der Waals surface area contributed by atoms with Crippen LogP contribution in [0.15, 0.2) is 6.20 Å². The van der Waals surface area contributed by atoms with Gasteiger partial charge in [0.05, 0.1) is 0 Å². The number of aryl methyl sites for hydroxylation is 1. The molecule has 0 amide bonds. The van der Waals surface area contributed by atoms with E-state index >= 15 is 0 Å². The fourth-order valence-corrected chi connectivity index (χ4v) is 3.28. The first-order valence-corrected chi connectivity index (χ1v) is 7.44. The van der Waals surface area contributed by atoms with Gasteiger partial charge in [-0.2, -0.15) is 11.8 Å². The highest BCUT2D eigenvalue weighted by molar-refractivity contribution is 7.99. The molecule has 0 saturated carbocycles. The van der Waals surface area contributed by atoms with Gasteiger partial charge in [0.1, 0.15) is 0 Å². The molecule has 2 heterocycles. The molecular weight excluding hydrogens is 238 g/mol. The zero-order valence-electron chi connectivity index (χ0n) is 9.74. The number of aromatic amines is 1. The van der Waals surface area contributed by atoms with Crippen LogP contribution in [0.1, 0.15) is 12.6 Å². The highest BCUT2D eigenvalue weighted by Crippen LogP contribution is 2.10. The standard InChI is InChI=1S/C11H19N3S2/c1-2-10-9-12-11(15)14(10)4-3-13-5-7-16-8-6-13/h9H,2-8H2,1H3,(H,12,15). The number of aromatic nitrogens is 2. The Morgan fingerprint density at radius 1 is 1.38 bits per heavy atom. The SMILES string of the molecule is CCc1c[nH]c(=S)n1CCN1CCSCC1. The summed E-state index contributed by atoms with van der Waals surface area (Å²) in [5, 5.41) is 0. The molecule has 0 aromatic carbocycles. The molecule has 0 aliphatic carbocycles. The number of nitrogens with one attached hydrogen (secondary N) is 1. The summed E-state index contributed by atoms with van der Waals surface area (Å²) in [6.07, 6.45) is 3.08. The van der Waals surface area contributed by atoms with Crippen molar-refractivity contribution in [2.45, 2.75) is 19.9 Å². The molecule has 1 N–H and O–H groups in total. The molecule has 0 atom stereocenters. The molecule has 0 bridgehead atoms. The molecule has 1 aliphatic heterocycles. The number of rotatable bonds is 4. The van der Waals surface area contributed by atoms with Crippen LogP contribution in [-0.4, -0.2) is 45.6 Å². The van der Waals surface area contributed by atoms with Gasteiger partial charge in [-0.3, -0.25) is 4.90 Å². The molecule has 0 unspecified atom stereocenters. The zero-order chi connectivity index (χ0) is 11.4. The zero-order valence-corrected chi connectivity index (χ0v) is 11.4. The van der Waals surface area contributed by atoms with E-state index < -0.39 is 0 Å². The van der Waals surface area contributed by atoms with E-state index in [0.717, 1.165) is 24.3 Å². The van der Waals surface area contributed by atoms with Crippen molar-refractivity contribution in [2.75, 3.05) is 31.1 Å². The van der Waals surface area contributed by atoms with Gasteiger partial charge in [0.2, 0.25) is 0 Å². The first kappa shape index (κ1) is 12.2. The Morgan fingerprint density at radius 2 is 2.12 bits per heavy atom. The van der Waals surface area contributed by atoms with Crippen molar-refractivity contribution in [1.29, 1.82) is 0 Å². The third-order valence-corrected chi connectivity index (χ3v) is 4.34. The van der Waals surface area contributed by atoms with E-state index in [0.29, 0.717) is 0 Å². The van der Waals surface area contributed by atoms with Crippen molar-refractivity contribution < 1.29 is 0 Å². The monoisotopic (exact) mass is 257 g/mol. The van der Waals surface area contributed by atoms with Crippen molar-refractivity contribution in [3.05, 3.63) is 16.7 Å². The Morgan fingerprint density at radius 3 is 2.81 bits per heavy atom. The maximum absolute atomic E-state index is 5.29. The lowest BCUT2D eigenvalue weighted by molar-refractivity contribution is 0.287. The highest BCUT2D eigenvalue weighted by Gasteiger charge is 2.10. The van der Waals surface area contributed by atoms with Gasteiger partial charge in [-0.25, -0.2) is 0 Å². The molecule has 0 radical (unpaired) electrons. The van der Waals surface area contributed by atoms with E-state index in [9.17, 15) is 0 Å².